The Morgan fingerprint density at radius 1 is 1.03 bits per heavy atom. The monoisotopic (exact) mass is 432 g/mol. The predicted molar refractivity (Wildman–Crippen MR) is 114 cm³/mol. The molecule has 0 bridgehead atoms. The number of esters is 1. The number of phenolic OH excluding ortho intramolecular Hbond substituents is 1. The molecule has 1 N–H and O–H groups in total. The first kappa shape index (κ1) is 19.9. The Kier molecular flexibility index (Phi) is 4.93. The molecule has 0 saturated carbocycles. The minimum absolute atomic E-state index is 0.00760. The van der Waals surface area contributed by atoms with Gasteiger partial charge in [-0.3, -0.25) is 9.59 Å². The molecule has 0 radical (unpaired) electrons. The van der Waals surface area contributed by atoms with Crippen molar-refractivity contribution in [3.05, 3.63) is 76.9 Å². The molecule has 3 aromatic rings. The van der Waals surface area contributed by atoms with E-state index in [-0.39, 0.29) is 29.3 Å². The normalized spacial score (nSPS) is 16.7. The molecule has 0 fully saturated rings. The number of phenols is 1. The van der Waals surface area contributed by atoms with Crippen LogP contribution < -0.4 is 18.9 Å². The van der Waals surface area contributed by atoms with Crippen LogP contribution in [0.3, 0.4) is 0 Å². The van der Waals surface area contributed by atoms with Gasteiger partial charge in [0.2, 0.25) is 5.75 Å². The molecule has 7 heteroatoms. The molecule has 0 aliphatic carbocycles. The fourth-order valence-corrected chi connectivity index (χ4v) is 4.16. The van der Waals surface area contributed by atoms with Crippen LogP contribution in [0, 0.1) is 0 Å². The van der Waals surface area contributed by atoms with E-state index in [0.717, 1.165) is 0 Å². The van der Waals surface area contributed by atoms with E-state index in [2.05, 4.69) is 0 Å². The van der Waals surface area contributed by atoms with Gasteiger partial charge in [0.15, 0.2) is 17.3 Å². The van der Waals surface area contributed by atoms with Gasteiger partial charge in [0, 0.05) is 17.0 Å². The van der Waals surface area contributed by atoms with Gasteiger partial charge >= 0.3 is 5.97 Å². The summed E-state index contributed by atoms with van der Waals surface area (Å²) in [6.45, 7) is 0.802. The number of hydrogen-bond acceptors (Lipinski definition) is 7. The molecule has 2 aliphatic rings. The number of aromatic hydroxyl groups is 1. The first-order valence-electron chi connectivity index (χ1n) is 10.2. The molecule has 0 spiro atoms. The number of rotatable bonds is 4. The molecule has 0 unspecified atom stereocenters. The predicted octanol–water partition coefficient (Wildman–Crippen LogP) is 3.84. The highest BCUT2D eigenvalue weighted by Gasteiger charge is 2.35. The van der Waals surface area contributed by atoms with Crippen molar-refractivity contribution in [2.24, 2.45) is 0 Å². The van der Waals surface area contributed by atoms with Crippen LogP contribution in [-0.4, -0.2) is 37.2 Å². The van der Waals surface area contributed by atoms with Gasteiger partial charge in [-0.15, -0.1) is 0 Å². The van der Waals surface area contributed by atoms with Crippen LogP contribution >= 0.6 is 0 Å². The summed E-state index contributed by atoms with van der Waals surface area (Å²) in [5.74, 6) is 0.178. The topological polar surface area (TPSA) is 91.3 Å². The number of carbonyl (C=O) groups excluding carboxylic acids is 2. The van der Waals surface area contributed by atoms with Crippen molar-refractivity contribution in [2.75, 3.05) is 20.3 Å². The van der Waals surface area contributed by atoms with Gasteiger partial charge < -0.3 is 24.1 Å². The summed E-state index contributed by atoms with van der Waals surface area (Å²) < 4.78 is 22.2. The Bertz CT molecular complexity index is 1200. The average Bonchev–Trinajstić information content (AvgIpc) is 2.83. The third-order valence-electron chi connectivity index (χ3n) is 5.65. The van der Waals surface area contributed by atoms with Gasteiger partial charge in [-0.2, -0.15) is 0 Å². The molecule has 0 amide bonds. The minimum Gasteiger partial charge on any atom is -0.507 e. The maximum Gasteiger partial charge on any atom is 0.312 e. The summed E-state index contributed by atoms with van der Waals surface area (Å²) in [5, 5.41) is 11.1. The Hall–Kier alpha value is -4.00. The highest BCUT2D eigenvalue weighted by Crippen LogP contribution is 2.49. The van der Waals surface area contributed by atoms with Crippen molar-refractivity contribution in [2.45, 2.75) is 12.3 Å². The van der Waals surface area contributed by atoms with Crippen molar-refractivity contribution in [1.29, 1.82) is 0 Å². The second-order valence-electron chi connectivity index (χ2n) is 7.55. The maximum atomic E-state index is 13.0. The molecule has 0 aromatic heterocycles. The first-order chi connectivity index (χ1) is 15.6. The summed E-state index contributed by atoms with van der Waals surface area (Å²) in [7, 11) is 1.52. The first-order valence-corrected chi connectivity index (χ1v) is 10.2. The lowest BCUT2D eigenvalue weighted by Crippen LogP contribution is -2.22. The van der Waals surface area contributed by atoms with E-state index in [1.54, 1.807) is 42.5 Å². The molecule has 2 aliphatic heterocycles. The van der Waals surface area contributed by atoms with Crippen molar-refractivity contribution < 1.29 is 33.6 Å². The fraction of sp³-hybridized carbons (Fsp3) is 0.200. The van der Waals surface area contributed by atoms with Crippen molar-refractivity contribution in [1.82, 2.24) is 0 Å². The number of fused-ring (bicyclic) bond motifs is 2. The molecular formula is C25H20O7. The second-order valence-corrected chi connectivity index (χ2v) is 7.55. The number of benzene rings is 3. The van der Waals surface area contributed by atoms with E-state index in [4.69, 9.17) is 18.9 Å². The van der Waals surface area contributed by atoms with Crippen LogP contribution in [0.5, 0.6) is 28.7 Å². The summed E-state index contributed by atoms with van der Waals surface area (Å²) in [5.41, 5.74) is 1.66. The van der Waals surface area contributed by atoms with Crippen molar-refractivity contribution >= 4 is 11.8 Å². The van der Waals surface area contributed by atoms with Crippen LogP contribution in [0.4, 0.5) is 0 Å². The zero-order chi connectivity index (χ0) is 22.2. The van der Waals surface area contributed by atoms with Crippen molar-refractivity contribution in [3.63, 3.8) is 0 Å². The quantitative estimate of drug-likeness (QED) is 0.380. The number of ether oxygens (including phenoxy) is 4. The van der Waals surface area contributed by atoms with Gasteiger partial charge in [0.1, 0.15) is 24.7 Å². The molecule has 0 saturated heterocycles. The largest absolute Gasteiger partial charge is 0.507 e. The van der Waals surface area contributed by atoms with E-state index in [0.29, 0.717) is 47.2 Å². The smallest absolute Gasteiger partial charge is 0.312 e. The highest BCUT2D eigenvalue weighted by atomic mass is 16.6. The van der Waals surface area contributed by atoms with Gasteiger partial charge in [0.05, 0.1) is 19.1 Å². The molecule has 1 atom stereocenters. The van der Waals surface area contributed by atoms with Crippen molar-refractivity contribution in [3.8, 4) is 28.7 Å². The zero-order valence-corrected chi connectivity index (χ0v) is 17.3. The summed E-state index contributed by atoms with van der Waals surface area (Å²) >= 11 is 0. The summed E-state index contributed by atoms with van der Waals surface area (Å²) in [4.78, 5) is 25.4. The molecule has 32 heavy (non-hydrogen) atoms. The van der Waals surface area contributed by atoms with E-state index < -0.39 is 11.9 Å². The Labute approximate surface area is 184 Å². The summed E-state index contributed by atoms with van der Waals surface area (Å²) in [6, 6.07) is 15.3. The van der Waals surface area contributed by atoms with Gasteiger partial charge in [-0.25, -0.2) is 0 Å². The van der Waals surface area contributed by atoms with E-state index in [9.17, 15) is 14.7 Å². The van der Waals surface area contributed by atoms with Crippen LogP contribution in [0.2, 0.25) is 0 Å². The lowest BCUT2D eigenvalue weighted by atomic mass is 9.83. The Balaban J connectivity index is 1.64. The standard InChI is InChI=1S/C25H20O7/c1-29-19-11-15(12-20-25(19)31-10-9-30-20)17-13-21(26)32-18-8-7-16(24(28)22(17)18)23(27)14-5-3-2-4-6-14/h2-8,11-12,17,28H,9-10,13H2,1H3/t17-/m0/s1. The SMILES string of the molecule is COc1cc([C@@H]2CC(=O)Oc3ccc(C(=O)c4ccccc4)c(O)c32)cc2c1OCCO2. The highest BCUT2D eigenvalue weighted by molar-refractivity contribution is 6.11. The van der Waals surface area contributed by atoms with E-state index in [1.807, 2.05) is 6.07 Å². The number of methoxy groups -OCH3 is 1. The molecule has 7 nitrogen and oxygen atoms in total. The maximum absolute atomic E-state index is 13.0. The molecule has 5 rings (SSSR count). The minimum atomic E-state index is -0.556. The van der Waals surface area contributed by atoms with E-state index in [1.165, 1.54) is 13.2 Å². The second kappa shape index (κ2) is 7.92. The third-order valence-corrected chi connectivity index (χ3v) is 5.65. The number of ketones is 1. The van der Waals surface area contributed by atoms with Gasteiger partial charge in [0.25, 0.3) is 0 Å². The van der Waals surface area contributed by atoms with Crippen LogP contribution in [0.25, 0.3) is 0 Å². The third kappa shape index (κ3) is 3.32. The lowest BCUT2D eigenvalue weighted by molar-refractivity contribution is -0.135. The zero-order valence-electron chi connectivity index (χ0n) is 17.3. The van der Waals surface area contributed by atoms with E-state index >= 15 is 0 Å². The fourth-order valence-electron chi connectivity index (χ4n) is 4.16. The van der Waals surface area contributed by atoms with Crippen LogP contribution in [-0.2, 0) is 4.79 Å². The molecule has 2 heterocycles. The number of carbonyl (C=O) groups is 2. The van der Waals surface area contributed by atoms with Crippen LogP contribution in [0.1, 0.15) is 39.4 Å². The Morgan fingerprint density at radius 2 is 1.81 bits per heavy atom. The average molecular weight is 432 g/mol. The number of hydrogen-bond donors (Lipinski definition) is 1. The molecule has 3 aromatic carbocycles. The molecular weight excluding hydrogens is 412 g/mol. The van der Waals surface area contributed by atoms with Crippen LogP contribution in [0.15, 0.2) is 54.6 Å². The molecule has 162 valence electrons. The Morgan fingerprint density at radius 3 is 2.59 bits per heavy atom. The summed E-state index contributed by atoms with van der Waals surface area (Å²) in [6.07, 6.45) is -0.00760. The van der Waals surface area contributed by atoms with Gasteiger partial charge in [-0.05, 0) is 29.8 Å². The van der Waals surface area contributed by atoms with Gasteiger partial charge in [-0.1, -0.05) is 30.3 Å². The lowest BCUT2D eigenvalue weighted by Gasteiger charge is -2.28.